The smallest absolute Gasteiger partial charge is 0.323 e. The summed E-state index contributed by atoms with van der Waals surface area (Å²) in [5.41, 5.74) is 2.80. The number of halogens is 1. The van der Waals surface area contributed by atoms with Crippen molar-refractivity contribution in [1.29, 1.82) is 0 Å². The third kappa shape index (κ3) is 4.11. The molecule has 138 valence electrons. The van der Waals surface area contributed by atoms with E-state index in [9.17, 15) is 4.79 Å². The van der Waals surface area contributed by atoms with Gasteiger partial charge in [0.15, 0.2) is 5.82 Å². The molecule has 4 rings (SSSR count). The Morgan fingerprint density at radius 2 is 2.00 bits per heavy atom. The predicted octanol–water partition coefficient (Wildman–Crippen LogP) is 4.54. The minimum atomic E-state index is -0.126. The number of aromatic amines is 1. The molecule has 1 aromatic carbocycles. The van der Waals surface area contributed by atoms with Gasteiger partial charge in [-0.1, -0.05) is 29.8 Å². The first kappa shape index (κ1) is 17.5. The van der Waals surface area contributed by atoms with Crippen molar-refractivity contribution < 1.29 is 4.79 Å². The summed E-state index contributed by atoms with van der Waals surface area (Å²) in [7, 11) is 0. The maximum absolute atomic E-state index is 12.5. The molecule has 1 saturated heterocycles. The molecule has 0 radical (unpaired) electrons. The van der Waals surface area contributed by atoms with E-state index in [4.69, 9.17) is 11.6 Å². The molecular weight excluding hydrogens is 362 g/mol. The number of piperidine rings is 1. The minimum Gasteiger partial charge on any atom is -0.324 e. The monoisotopic (exact) mass is 381 g/mol. The number of carbonyl (C=O) groups is 1. The summed E-state index contributed by atoms with van der Waals surface area (Å²) in [6.45, 7) is 1.42. The molecule has 1 fully saturated rings. The van der Waals surface area contributed by atoms with Crippen molar-refractivity contribution in [1.82, 2.24) is 20.1 Å². The van der Waals surface area contributed by atoms with Crippen LogP contribution >= 0.6 is 11.6 Å². The number of rotatable bonds is 3. The van der Waals surface area contributed by atoms with Crippen molar-refractivity contribution in [2.45, 2.75) is 18.8 Å². The van der Waals surface area contributed by atoms with Crippen LogP contribution in [0.5, 0.6) is 0 Å². The molecule has 3 aromatic rings. The molecule has 0 aliphatic carbocycles. The number of nitrogens with one attached hydrogen (secondary N) is 2. The highest BCUT2D eigenvalue weighted by Crippen LogP contribution is 2.29. The average molecular weight is 382 g/mol. The van der Waals surface area contributed by atoms with Crippen LogP contribution in [0.1, 0.15) is 24.3 Å². The zero-order valence-electron chi connectivity index (χ0n) is 14.7. The first-order valence-corrected chi connectivity index (χ1v) is 9.35. The van der Waals surface area contributed by atoms with E-state index in [-0.39, 0.29) is 6.03 Å². The Morgan fingerprint density at radius 1 is 1.15 bits per heavy atom. The van der Waals surface area contributed by atoms with Gasteiger partial charge in [0.25, 0.3) is 0 Å². The zero-order chi connectivity index (χ0) is 18.6. The van der Waals surface area contributed by atoms with E-state index in [0.717, 1.165) is 29.3 Å². The third-order valence-corrected chi connectivity index (χ3v) is 5.09. The summed E-state index contributed by atoms with van der Waals surface area (Å²) >= 11 is 6.09. The van der Waals surface area contributed by atoms with Crippen LogP contribution in [0.15, 0.2) is 54.7 Å². The maximum atomic E-state index is 12.5. The second-order valence-corrected chi connectivity index (χ2v) is 7.06. The van der Waals surface area contributed by atoms with E-state index in [1.165, 1.54) is 5.56 Å². The summed E-state index contributed by atoms with van der Waals surface area (Å²) < 4.78 is 0. The van der Waals surface area contributed by atoms with Crippen LogP contribution in [0.25, 0.3) is 11.4 Å². The lowest BCUT2D eigenvalue weighted by atomic mass is 9.89. The molecule has 0 spiro atoms. The molecule has 27 heavy (non-hydrogen) atoms. The molecule has 2 amide bonds. The number of hydrogen-bond donors (Lipinski definition) is 2. The van der Waals surface area contributed by atoms with Crippen LogP contribution in [0.3, 0.4) is 0 Å². The largest absolute Gasteiger partial charge is 0.324 e. The van der Waals surface area contributed by atoms with Crippen molar-refractivity contribution in [3.63, 3.8) is 0 Å². The molecule has 1 aliphatic rings. The normalized spacial score (nSPS) is 14.9. The lowest BCUT2D eigenvalue weighted by molar-refractivity contribution is 0.194. The Kier molecular flexibility index (Phi) is 5.07. The van der Waals surface area contributed by atoms with Gasteiger partial charge in [-0.2, -0.15) is 5.10 Å². The molecule has 0 atom stereocenters. The van der Waals surface area contributed by atoms with Gasteiger partial charge in [-0.3, -0.25) is 15.4 Å². The number of likely N-dealkylation sites (tertiary alicyclic amines) is 1. The van der Waals surface area contributed by atoms with Crippen LogP contribution in [0.4, 0.5) is 10.6 Å². The third-order valence-electron chi connectivity index (χ3n) is 4.86. The topological polar surface area (TPSA) is 73.9 Å². The highest BCUT2D eigenvalue weighted by atomic mass is 35.5. The van der Waals surface area contributed by atoms with Gasteiger partial charge >= 0.3 is 6.03 Å². The Morgan fingerprint density at radius 3 is 2.74 bits per heavy atom. The van der Waals surface area contributed by atoms with Crippen molar-refractivity contribution in [2.24, 2.45) is 0 Å². The van der Waals surface area contributed by atoms with E-state index in [1.807, 2.05) is 41.3 Å². The number of benzene rings is 1. The molecule has 1 aliphatic heterocycles. The van der Waals surface area contributed by atoms with Gasteiger partial charge in [0.2, 0.25) is 0 Å². The average Bonchev–Trinajstić information content (AvgIpc) is 3.17. The summed E-state index contributed by atoms with van der Waals surface area (Å²) in [6, 6.07) is 15.3. The van der Waals surface area contributed by atoms with E-state index in [1.54, 1.807) is 12.3 Å². The van der Waals surface area contributed by atoms with E-state index < -0.39 is 0 Å². The molecular formula is C20H20ClN5O. The Balaban J connectivity index is 1.34. The number of aromatic nitrogens is 3. The highest BCUT2D eigenvalue weighted by molar-refractivity contribution is 6.30. The molecule has 0 unspecified atom stereocenters. The van der Waals surface area contributed by atoms with Crippen molar-refractivity contribution >= 4 is 23.4 Å². The second-order valence-electron chi connectivity index (χ2n) is 6.63. The SMILES string of the molecule is O=C(Nc1cc(-c2ccccn2)[nH]n1)N1CCC(c2cccc(Cl)c2)CC1. The lowest BCUT2D eigenvalue weighted by Gasteiger charge is -2.32. The fourth-order valence-electron chi connectivity index (χ4n) is 3.40. The van der Waals surface area contributed by atoms with Crippen LogP contribution in [0, 0.1) is 0 Å². The Bertz CT molecular complexity index is 919. The number of nitrogens with zero attached hydrogens (tertiary/aromatic N) is 3. The highest BCUT2D eigenvalue weighted by Gasteiger charge is 2.24. The number of urea groups is 1. The molecule has 6 nitrogen and oxygen atoms in total. The number of H-pyrrole nitrogens is 1. The number of hydrogen-bond acceptors (Lipinski definition) is 3. The van der Waals surface area contributed by atoms with Crippen LogP contribution < -0.4 is 5.32 Å². The number of amides is 2. The van der Waals surface area contributed by atoms with Crippen LogP contribution in [-0.2, 0) is 0 Å². The quantitative estimate of drug-likeness (QED) is 0.699. The summed E-state index contributed by atoms with van der Waals surface area (Å²) in [5.74, 6) is 0.937. The number of pyridine rings is 1. The van der Waals surface area contributed by atoms with Gasteiger partial charge in [-0.25, -0.2) is 4.79 Å². The fraction of sp³-hybridized carbons (Fsp3) is 0.250. The fourth-order valence-corrected chi connectivity index (χ4v) is 3.60. The van der Waals surface area contributed by atoms with Crippen molar-refractivity contribution in [3.05, 3.63) is 65.3 Å². The predicted molar refractivity (Wildman–Crippen MR) is 106 cm³/mol. The van der Waals surface area contributed by atoms with Crippen molar-refractivity contribution in [3.8, 4) is 11.4 Å². The first-order valence-electron chi connectivity index (χ1n) is 8.97. The van der Waals surface area contributed by atoms with E-state index >= 15 is 0 Å². The Labute approximate surface area is 162 Å². The van der Waals surface area contributed by atoms with E-state index in [0.29, 0.717) is 24.8 Å². The van der Waals surface area contributed by atoms with Crippen LogP contribution in [0.2, 0.25) is 5.02 Å². The lowest BCUT2D eigenvalue weighted by Crippen LogP contribution is -2.40. The summed E-state index contributed by atoms with van der Waals surface area (Å²) in [4.78, 5) is 18.6. The molecule has 3 heterocycles. The second kappa shape index (κ2) is 7.80. The molecule has 0 bridgehead atoms. The van der Waals surface area contributed by atoms with E-state index in [2.05, 4.69) is 26.6 Å². The number of anilines is 1. The van der Waals surface area contributed by atoms with Crippen molar-refractivity contribution in [2.75, 3.05) is 18.4 Å². The maximum Gasteiger partial charge on any atom is 0.323 e. The summed E-state index contributed by atoms with van der Waals surface area (Å²) in [5, 5.41) is 10.7. The molecule has 0 saturated carbocycles. The molecule has 2 N–H and O–H groups in total. The first-order chi connectivity index (χ1) is 13.2. The number of carbonyl (C=O) groups excluding carboxylic acids is 1. The van der Waals surface area contributed by atoms with Crippen LogP contribution in [-0.4, -0.2) is 39.2 Å². The minimum absolute atomic E-state index is 0.126. The zero-order valence-corrected chi connectivity index (χ0v) is 15.5. The van der Waals surface area contributed by atoms with Gasteiger partial charge in [-0.05, 0) is 48.6 Å². The van der Waals surface area contributed by atoms with Gasteiger partial charge in [-0.15, -0.1) is 0 Å². The molecule has 7 heteroatoms. The van der Waals surface area contributed by atoms with Gasteiger partial charge in [0.1, 0.15) is 0 Å². The Hall–Kier alpha value is -2.86. The van der Waals surface area contributed by atoms with Gasteiger partial charge in [0.05, 0.1) is 11.4 Å². The van der Waals surface area contributed by atoms with Gasteiger partial charge < -0.3 is 4.90 Å². The standard InChI is InChI=1S/C20H20ClN5O/c21-16-5-3-4-15(12-16)14-7-10-26(11-8-14)20(27)23-19-13-18(24-25-19)17-6-1-2-9-22-17/h1-6,9,12-14H,7-8,10-11H2,(H2,23,24,25,27). The molecule has 2 aromatic heterocycles. The van der Waals surface area contributed by atoms with Gasteiger partial charge in [0, 0.05) is 30.4 Å². The summed E-state index contributed by atoms with van der Waals surface area (Å²) in [6.07, 6.45) is 3.57.